The van der Waals surface area contributed by atoms with Gasteiger partial charge in [0, 0.05) is 18.9 Å². The minimum atomic E-state index is -0.322. The second-order valence-corrected chi connectivity index (χ2v) is 4.36. The van der Waals surface area contributed by atoms with Crippen LogP contribution < -0.4 is 5.32 Å². The number of pyridine rings is 1. The van der Waals surface area contributed by atoms with Gasteiger partial charge < -0.3 is 9.88 Å². The molecule has 1 atom stereocenters. The van der Waals surface area contributed by atoms with Crippen molar-refractivity contribution in [2.24, 2.45) is 0 Å². The van der Waals surface area contributed by atoms with E-state index in [2.05, 4.69) is 33.7 Å². The van der Waals surface area contributed by atoms with Gasteiger partial charge in [0.1, 0.15) is 17.7 Å². The molecule has 0 aliphatic heterocycles. The number of nitrogens with zero attached hydrogens (tertiary/aromatic N) is 3. The summed E-state index contributed by atoms with van der Waals surface area (Å²) < 4.78 is 15.1. The molecule has 0 saturated carbocycles. The molecule has 5 heteroatoms. The lowest BCUT2D eigenvalue weighted by Gasteiger charge is -2.18. The van der Waals surface area contributed by atoms with Gasteiger partial charge in [-0.3, -0.25) is 4.98 Å². The highest BCUT2D eigenvalue weighted by molar-refractivity contribution is 5.18. The standard InChI is InChI=1S/C14H19FN4/c1-3-7-16-13(12-6-5-11(15)10-18-12)14-17-8-9-19(14)4-2/h5-6,8-10,13,16H,3-4,7H2,1-2H3. The fraction of sp³-hybridized carbons (Fsp3) is 0.429. The summed E-state index contributed by atoms with van der Waals surface area (Å²) in [5.41, 5.74) is 0.788. The second-order valence-electron chi connectivity index (χ2n) is 4.36. The van der Waals surface area contributed by atoms with Crippen molar-refractivity contribution >= 4 is 0 Å². The summed E-state index contributed by atoms with van der Waals surface area (Å²) in [4.78, 5) is 8.58. The molecule has 2 rings (SSSR count). The fourth-order valence-electron chi connectivity index (χ4n) is 2.02. The molecule has 0 radical (unpaired) electrons. The molecule has 0 fully saturated rings. The van der Waals surface area contributed by atoms with Crippen LogP contribution in [0.4, 0.5) is 4.39 Å². The second kappa shape index (κ2) is 6.43. The van der Waals surface area contributed by atoms with Crippen LogP contribution in [0.25, 0.3) is 0 Å². The predicted octanol–water partition coefficient (Wildman–Crippen LogP) is 2.53. The zero-order valence-electron chi connectivity index (χ0n) is 11.3. The lowest BCUT2D eigenvalue weighted by atomic mass is 10.1. The summed E-state index contributed by atoms with van der Waals surface area (Å²) in [6.07, 6.45) is 5.99. The van der Waals surface area contributed by atoms with E-state index >= 15 is 0 Å². The zero-order chi connectivity index (χ0) is 13.7. The largest absolute Gasteiger partial charge is 0.334 e. The van der Waals surface area contributed by atoms with Crippen LogP contribution in [0.15, 0.2) is 30.7 Å². The smallest absolute Gasteiger partial charge is 0.141 e. The summed E-state index contributed by atoms with van der Waals surface area (Å²) in [5, 5.41) is 3.41. The first-order chi connectivity index (χ1) is 9.26. The van der Waals surface area contributed by atoms with E-state index in [-0.39, 0.29) is 11.9 Å². The summed E-state index contributed by atoms with van der Waals surface area (Å²) in [7, 11) is 0. The molecule has 2 aromatic rings. The third kappa shape index (κ3) is 3.17. The number of imidazole rings is 1. The van der Waals surface area contributed by atoms with Crippen molar-refractivity contribution < 1.29 is 4.39 Å². The minimum Gasteiger partial charge on any atom is -0.334 e. The van der Waals surface area contributed by atoms with E-state index in [0.717, 1.165) is 31.0 Å². The molecule has 102 valence electrons. The van der Waals surface area contributed by atoms with Gasteiger partial charge in [0.2, 0.25) is 0 Å². The van der Waals surface area contributed by atoms with Gasteiger partial charge in [-0.1, -0.05) is 6.92 Å². The van der Waals surface area contributed by atoms with E-state index < -0.39 is 0 Å². The molecule has 0 spiro atoms. The normalized spacial score (nSPS) is 12.6. The number of halogens is 1. The Labute approximate surface area is 112 Å². The van der Waals surface area contributed by atoms with E-state index in [1.165, 1.54) is 12.3 Å². The average molecular weight is 262 g/mol. The summed E-state index contributed by atoms with van der Waals surface area (Å²) in [6.45, 7) is 5.88. The predicted molar refractivity (Wildman–Crippen MR) is 72.2 cm³/mol. The molecule has 1 unspecified atom stereocenters. The van der Waals surface area contributed by atoms with Crippen LogP contribution in [0, 0.1) is 5.82 Å². The molecule has 0 aliphatic carbocycles. The van der Waals surface area contributed by atoms with E-state index in [1.54, 1.807) is 12.3 Å². The first-order valence-corrected chi connectivity index (χ1v) is 6.62. The van der Waals surface area contributed by atoms with Crippen molar-refractivity contribution in [3.63, 3.8) is 0 Å². The Balaban J connectivity index is 2.32. The van der Waals surface area contributed by atoms with E-state index in [0.29, 0.717) is 0 Å². The van der Waals surface area contributed by atoms with Gasteiger partial charge in [-0.15, -0.1) is 0 Å². The third-order valence-corrected chi connectivity index (χ3v) is 2.99. The van der Waals surface area contributed by atoms with Gasteiger partial charge in [0.25, 0.3) is 0 Å². The lowest BCUT2D eigenvalue weighted by Crippen LogP contribution is -2.27. The fourth-order valence-corrected chi connectivity index (χ4v) is 2.02. The first kappa shape index (κ1) is 13.7. The van der Waals surface area contributed by atoms with Crippen LogP contribution in [0.5, 0.6) is 0 Å². The van der Waals surface area contributed by atoms with Gasteiger partial charge >= 0.3 is 0 Å². The first-order valence-electron chi connectivity index (χ1n) is 6.62. The van der Waals surface area contributed by atoms with Crippen molar-refractivity contribution in [3.8, 4) is 0 Å². The highest BCUT2D eigenvalue weighted by Gasteiger charge is 2.19. The maximum atomic E-state index is 13.0. The number of hydrogen-bond donors (Lipinski definition) is 1. The van der Waals surface area contributed by atoms with E-state index in [1.807, 2.05) is 6.20 Å². The van der Waals surface area contributed by atoms with Gasteiger partial charge in [0.15, 0.2) is 0 Å². The molecule has 4 nitrogen and oxygen atoms in total. The van der Waals surface area contributed by atoms with Gasteiger partial charge in [-0.05, 0) is 32.0 Å². The highest BCUT2D eigenvalue weighted by Crippen LogP contribution is 2.19. The summed E-state index contributed by atoms with van der Waals surface area (Å²) >= 11 is 0. The molecule has 2 heterocycles. The Kier molecular flexibility index (Phi) is 4.63. The number of aromatic nitrogens is 3. The Hall–Kier alpha value is -1.75. The zero-order valence-corrected chi connectivity index (χ0v) is 11.3. The van der Waals surface area contributed by atoms with Gasteiger partial charge in [0.05, 0.1) is 11.9 Å². The maximum Gasteiger partial charge on any atom is 0.141 e. The molecular formula is C14H19FN4. The number of aryl methyl sites for hydroxylation is 1. The lowest BCUT2D eigenvalue weighted by molar-refractivity contribution is 0.528. The van der Waals surface area contributed by atoms with Crippen LogP contribution in [0.3, 0.4) is 0 Å². The molecule has 0 saturated heterocycles. The van der Waals surface area contributed by atoms with Crippen molar-refractivity contribution in [2.75, 3.05) is 6.54 Å². The minimum absolute atomic E-state index is 0.101. The molecule has 0 aliphatic rings. The van der Waals surface area contributed by atoms with Crippen LogP contribution in [0.2, 0.25) is 0 Å². The van der Waals surface area contributed by atoms with Crippen LogP contribution in [-0.4, -0.2) is 21.1 Å². The summed E-state index contributed by atoms with van der Waals surface area (Å²) in [6, 6.07) is 3.04. The number of nitrogens with one attached hydrogen (secondary N) is 1. The van der Waals surface area contributed by atoms with Crippen molar-refractivity contribution in [1.29, 1.82) is 0 Å². The van der Waals surface area contributed by atoms with Gasteiger partial charge in [-0.25, -0.2) is 9.37 Å². The van der Waals surface area contributed by atoms with Crippen molar-refractivity contribution in [2.45, 2.75) is 32.9 Å². The van der Waals surface area contributed by atoms with Crippen LogP contribution >= 0.6 is 0 Å². The molecule has 0 amide bonds. The van der Waals surface area contributed by atoms with Gasteiger partial charge in [-0.2, -0.15) is 0 Å². The highest BCUT2D eigenvalue weighted by atomic mass is 19.1. The average Bonchev–Trinajstić information content (AvgIpc) is 2.89. The molecule has 19 heavy (non-hydrogen) atoms. The molecule has 0 bridgehead atoms. The number of hydrogen-bond acceptors (Lipinski definition) is 3. The topological polar surface area (TPSA) is 42.7 Å². The Morgan fingerprint density at radius 1 is 1.32 bits per heavy atom. The van der Waals surface area contributed by atoms with E-state index in [9.17, 15) is 4.39 Å². The molecule has 0 aromatic carbocycles. The van der Waals surface area contributed by atoms with E-state index in [4.69, 9.17) is 0 Å². The molecule has 2 aromatic heterocycles. The Bertz CT molecular complexity index is 506. The quantitative estimate of drug-likeness (QED) is 0.870. The summed E-state index contributed by atoms with van der Waals surface area (Å²) in [5.74, 6) is 0.590. The Morgan fingerprint density at radius 3 is 2.79 bits per heavy atom. The van der Waals surface area contributed by atoms with Crippen molar-refractivity contribution in [3.05, 3.63) is 48.1 Å². The SMILES string of the molecule is CCCNC(c1ccc(F)cn1)c1nccn1CC. The maximum absolute atomic E-state index is 13.0. The monoisotopic (exact) mass is 262 g/mol. The molecular weight excluding hydrogens is 243 g/mol. The van der Waals surface area contributed by atoms with Crippen molar-refractivity contribution in [1.82, 2.24) is 19.9 Å². The third-order valence-electron chi connectivity index (χ3n) is 2.99. The Morgan fingerprint density at radius 2 is 2.16 bits per heavy atom. The van der Waals surface area contributed by atoms with Crippen LogP contribution in [-0.2, 0) is 6.54 Å². The number of rotatable bonds is 6. The molecule has 1 N–H and O–H groups in total. The van der Waals surface area contributed by atoms with Crippen LogP contribution in [0.1, 0.15) is 37.8 Å².